The minimum atomic E-state index is -0.656. The van der Waals surface area contributed by atoms with Gasteiger partial charge in [0.25, 0.3) is 5.91 Å². The zero-order valence-electron chi connectivity index (χ0n) is 11.0. The molecule has 1 amide bonds. The third-order valence-electron chi connectivity index (χ3n) is 2.44. The van der Waals surface area contributed by atoms with Crippen LogP contribution in [0.5, 0.6) is 0 Å². The molecule has 104 valence electrons. The largest absolute Gasteiger partial charge is 0.452 e. The highest BCUT2D eigenvalue weighted by molar-refractivity contribution is 6.32. The molecule has 0 saturated heterocycles. The molecule has 1 heterocycles. The molecule has 0 aromatic carbocycles. The summed E-state index contributed by atoms with van der Waals surface area (Å²) in [5.74, 6) is -0.981. The van der Waals surface area contributed by atoms with Crippen molar-refractivity contribution in [2.24, 2.45) is 0 Å². The normalized spacial score (nSPS) is 11.7. The smallest absolute Gasteiger partial charge is 0.341 e. The number of halogens is 1. The standard InChI is InChI=1S/C13H17ClN2O3/c1-3-5-9(2)16-11(17)8-19-13(18)10-6-4-7-15-12(10)14/h4,6-7,9H,3,5,8H2,1-2H3,(H,16,17)/t9-/m0/s1. The van der Waals surface area contributed by atoms with Gasteiger partial charge in [0, 0.05) is 12.2 Å². The third-order valence-corrected chi connectivity index (χ3v) is 2.74. The van der Waals surface area contributed by atoms with E-state index in [9.17, 15) is 9.59 Å². The molecule has 0 aliphatic rings. The van der Waals surface area contributed by atoms with Gasteiger partial charge in [-0.1, -0.05) is 24.9 Å². The van der Waals surface area contributed by atoms with Gasteiger partial charge in [0.05, 0.1) is 5.56 Å². The molecule has 1 aromatic rings. The van der Waals surface area contributed by atoms with Gasteiger partial charge in [0.2, 0.25) is 0 Å². The van der Waals surface area contributed by atoms with Crippen molar-refractivity contribution in [3.63, 3.8) is 0 Å². The number of carbonyl (C=O) groups is 2. The first-order valence-electron chi connectivity index (χ1n) is 6.11. The fourth-order valence-electron chi connectivity index (χ4n) is 1.57. The van der Waals surface area contributed by atoms with Crippen molar-refractivity contribution in [3.8, 4) is 0 Å². The number of amides is 1. The number of nitrogens with zero attached hydrogens (tertiary/aromatic N) is 1. The van der Waals surface area contributed by atoms with E-state index in [2.05, 4.69) is 10.3 Å². The monoisotopic (exact) mass is 284 g/mol. The zero-order valence-corrected chi connectivity index (χ0v) is 11.7. The topological polar surface area (TPSA) is 68.3 Å². The lowest BCUT2D eigenvalue weighted by atomic mass is 10.2. The fourth-order valence-corrected chi connectivity index (χ4v) is 1.77. The summed E-state index contributed by atoms with van der Waals surface area (Å²) in [6.07, 6.45) is 3.33. The van der Waals surface area contributed by atoms with Crippen molar-refractivity contribution in [1.29, 1.82) is 0 Å². The van der Waals surface area contributed by atoms with E-state index in [0.717, 1.165) is 12.8 Å². The Morgan fingerprint density at radius 3 is 2.89 bits per heavy atom. The van der Waals surface area contributed by atoms with Crippen molar-refractivity contribution in [2.75, 3.05) is 6.61 Å². The average molecular weight is 285 g/mol. The molecule has 0 saturated carbocycles. The van der Waals surface area contributed by atoms with Crippen LogP contribution >= 0.6 is 11.6 Å². The average Bonchev–Trinajstić information content (AvgIpc) is 2.36. The van der Waals surface area contributed by atoms with E-state index in [4.69, 9.17) is 16.3 Å². The zero-order chi connectivity index (χ0) is 14.3. The number of rotatable bonds is 6. The summed E-state index contributed by atoms with van der Waals surface area (Å²) in [4.78, 5) is 26.9. The lowest BCUT2D eigenvalue weighted by Crippen LogP contribution is -2.35. The van der Waals surface area contributed by atoms with Gasteiger partial charge in [-0.2, -0.15) is 0 Å². The van der Waals surface area contributed by atoms with Crippen LogP contribution in [0.3, 0.4) is 0 Å². The first-order valence-corrected chi connectivity index (χ1v) is 6.49. The molecule has 0 spiro atoms. The molecule has 0 fully saturated rings. The van der Waals surface area contributed by atoms with E-state index >= 15 is 0 Å². The molecule has 19 heavy (non-hydrogen) atoms. The van der Waals surface area contributed by atoms with Gasteiger partial charge in [0.15, 0.2) is 6.61 Å². The van der Waals surface area contributed by atoms with Crippen molar-refractivity contribution >= 4 is 23.5 Å². The summed E-state index contributed by atoms with van der Waals surface area (Å²) in [5.41, 5.74) is 0.151. The second-order valence-corrected chi connectivity index (χ2v) is 4.53. The lowest BCUT2D eigenvalue weighted by Gasteiger charge is -2.12. The van der Waals surface area contributed by atoms with Crippen molar-refractivity contribution < 1.29 is 14.3 Å². The number of esters is 1. The predicted molar refractivity (Wildman–Crippen MR) is 72.0 cm³/mol. The van der Waals surface area contributed by atoms with Crippen LogP contribution in [0.2, 0.25) is 5.15 Å². The third kappa shape index (κ3) is 5.26. The number of ether oxygens (including phenoxy) is 1. The molecule has 0 aliphatic heterocycles. The summed E-state index contributed by atoms with van der Waals surface area (Å²) in [6, 6.07) is 3.14. The Hall–Kier alpha value is -1.62. The van der Waals surface area contributed by atoms with E-state index in [1.165, 1.54) is 12.3 Å². The van der Waals surface area contributed by atoms with E-state index in [0.29, 0.717) is 0 Å². The van der Waals surface area contributed by atoms with E-state index < -0.39 is 5.97 Å². The van der Waals surface area contributed by atoms with Gasteiger partial charge < -0.3 is 10.1 Å². The molecule has 0 bridgehead atoms. The quantitative estimate of drug-likeness (QED) is 0.642. The molecule has 0 aliphatic carbocycles. The second kappa shape index (κ2) is 7.74. The van der Waals surface area contributed by atoms with E-state index in [1.807, 2.05) is 13.8 Å². The maximum absolute atomic E-state index is 11.7. The molecular formula is C13H17ClN2O3. The van der Waals surface area contributed by atoms with Crippen molar-refractivity contribution in [1.82, 2.24) is 10.3 Å². The molecular weight excluding hydrogens is 268 g/mol. The molecule has 1 atom stereocenters. The van der Waals surface area contributed by atoms with Crippen LogP contribution in [0, 0.1) is 0 Å². The number of aromatic nitrogens is 1. The minimum Gasteiger partial charge on any atom is -0.452 e. The molecule has 6 heteroatoms. The number of hydrogen-bond acceptors (Lipinski definition) is 4. The number of carbonyl (C=O) groups excluding carboxylic acids is 2. The summed E-state index contributed by atoms with van der Waals surface area (Å²) in [6.45, 7) is 3.62. The van der Waals surface area contributed by atoms with Gasteiger partial charge in [0.1, 0.15) is 5.15 Å². The van der Waals surface area contributed by atoms with Crippen LogP contribution in [0.1, 0.15) is 37.0 Å². The van der Waals surface area contributed by atoms with Crippen LogP contribution in [0.15, 0.2) is 18.3 Å². The Labute approximate surface area is 117 Å². The van der Waals surface area contributed by atoms with Crippen LogP contribution in [-0.4, -0.2) is 29.5 Å². The van der Waals surface area contributed by atoms with Crippen molar-refractivity contribution in [3.05, 3.63) is 29.0 Å². The maximum atomic E-state index is 11.7. The highest BCUT2D eigenvalue weighted by atomic mass is 35.5. The Bertz CT molecular complexity index is 451. The molecule has 5 nitrogen and oxygen atoms in total. The molecule has 1 rings (SSSR count). The Kier molecular flexibility index (Phi) is 6.29. The van der Waals surface area contributed by atoms with Crippen LogP contribution in [0.4, 0.5) is 0 Å². The molecule has 0 unspecified atom stereocenters. The van der Waals surface area contributed by atoms with Gasteiger partial charge in [-0.15, -0.1) is 0 Å². The first-order chi connectivity index (χ1) is 9.04. The van der Waals surface area contributed by atoms with Gasteiger partial charge in [-0.3, -0.25) is 4.79 Å². The van der Waals surface area contributed by atoms with E-state index in [-0.39, 0.29) is 29.3 Å². The predicted octanol–water partition coefficient (Wildman–Crippen LogP) is 2.20. The van der Waals surface area contributed by atoms with Crippen LogP contribution < -0.4 is 5.32 Å². The summed E-state index contributed by atoms with van der Waals surface area (Å²) in [5, 5.41) is 2.80. The van der Waals surface area contributed by atoms with Crippen molar-refractivity contribution in [2.45, 2.75) is 32.7 Å². The maximum Gasteiger partial charge on any atom is 0.341 e. The number of nitrogens with one attached hydrogen (secondary N) is 1. The summed E-state index contributed by atoms with van der Waals surface area (Å²) >= 11 is 5.75. The SMILES string of the molecule is CCC[C@H](C)NC(=O)COC(=O)c1cccnc1Cl. The molecule has 1 aromatic heterocycles. The first kappa shape index (κ1) is 15.4. The highest BCUT2D eigenvalue weighted by Crippen LogP contribution is 2.12. The fraction of sp³-hybridized carbons (Fsp3) is 0.462. The lowest BCUT2D eigenvalue weighted by molar-refractivity contribution is -0.124. The Morgan fingerprint density at radius 2 is 2.26 bits per heavy atom. The van der Waals surface area contributed by atoms with Gasteiger partial charge >= 0.3 is 5.97 Å². The van der Waals surface area contributed by atoms with E-state index in [1.54, 1.807) is 6.07 Å². The molecule has 1 N–H and O–H groups in total. The number of hydrogen-bond donors (Lipinski definition) is 1. The Morgan fingerprint density at radius 1 is 1.53 bits per heavy atom. The van der Waals surface area contributed by atoms with Gasteiger partial charge in [-0.05, 0) is 25.5 Å². The molecule has 0 radical (unpaired) electrons. The Balaban J connectivity index is 2.42. The minimum absolute atomic E-state index is 0.0623. The highest BCUT2D eigenvalue weighted by Gasteiger charge is 2.14. The van der Waals surface area contributed by atoms with Gasteiger partial charge in [-0.25, -0.2) is 9.78 Å². The summed E-state index contributed by atoms with van der Waals surface area (Å²) in [7, 11) is 0. The van der Waals surface area contributed by atoms with Crippen LogP contribution in [-0.2, 0) is 9.53 Å². The number of pyridine rings is 1. The summed E-state index contributed by atoms with van der Waals surface area (Å²) < 4.78 is 4.87. The van der Waals surface area contributed by atoms with Crippen LogP contribution in [0.25, 0.3) is 0 Å². The second-order valence-electron chi connectivity index (χ2n) is 4.18.